The van der Waals surface area contributed by atoms with E-state index in [1.807, 2.05) is 24.3 Å². The van der Waals surface area contributed by atoms with E-state index < -0.39 is 0 Å². The molecule has 4 nitrogen and oxygen atoms in total. The number of nitrogens with one attached hydrogen (secondary N) is 1. The van der Waals surface area contributed by atoms with Crippen LogP contribution in [-0.4, -0.2) is 10.9 Å². The molecule has 0 bridgehead atoms. The van der Waals surface area contributed by atoms with Gasteiger partial charge in [0.15, 0.2) is 0 Å². The number of hydrogen-bond donors (Lipinski definition) is 2. The molecule has 104 valence electrons. The summed E-state index contributed by atoms with van der Waals surface area (Å²) >= 11 is 6.05. The highest BCUT2D eigenvalue weighted by Gasteiger charge is 2.12. The zero-order valence-electron chi connectivity index (χ0n) is 11.0. The van der Waals surface area contributed by atoms with Crippen molar-refractivity contribution in [2.75, 3.05) is 11.1 Å². The molecule has 0 saturated heterocycles. The van der Waals surface area contributed by atoms with E-state index >= 15 is 0 Å². The number of aromatic nitrogens is 1. The van der Waals surface area contributed by atoms with Crippen molar-refractivity contribution in [1.29, 1.82) is 0 Å². The number of benzene rings is 2. The Bertz CT molecular complexity index is 833. The Kier molecular flexibility index (Phi) is 3.46. The van der Waals surface area contributed by atoms with Gasteiger partial charge in [-0.3, -0.25) is 9.78 Å². The molecule has 5 heteroatoms. The summed E-state index contributed by atoms with van der Waals surface area (Å²) in [7, 11) is 0. The third-order valence-electron chi connectivity index (χ3n) is 3.13. The summed E-state index contributed by atoms with van der Waals surface area (Å²) in [6.07, 6.45) is 1.73. The molecule has 0 spiro atoms. The van der Waals surface area contributed by atoms with Crippen LogP contribution in [0.4, 0.5) is 11.4 Å². The zero-order chi connectivity index (χ0) is 14.8. The first-order valence-corrected chi connectivity index (χ1v) is 6.73. The number of nitrogen functional groups attached to an aromatic ring is 1. The Hall–Kier alpha value is -2.59. The van der Waals surface area contributed by atoms with Gasteiger partial charge in [0.05, 0.1) is 21.8 Å². The standard InChI is InChI=1S/C16H12ClN3O/c17-15-12(4-1-5-13(15)18)16(21)20-11-6-7-14-10(9-11)3-2-8-19-14/h1-9H,18H2,(H,20,21). The van der Waals surface area contributed by atoms with Gasteiger partial charge >= 0.3 is 0 Å². The number of halogens is 1. The Morgan fingerprint density at radius 1 is 1.14 bits per heavy atom. The number of fused-ring (bicyclic) bond motifs is 1. The Morgan fingerprint density at radius 2 is 2.00 bits per heavy atom. The second-order valence-electron chi connectivity index (χ2n) is 4.57. The lowest BCUT2D eigenvalue weighted by atomic mass is 10.1. The maximum atomic E-state index is 12.3. The molecule has 1 aromatic heterocycles. The van der Waals surface area contributed by atoms with Crippen molar-refractivity contribution in [3.63, 3.8) is 0 Å². The van der Waals surface area contributed by atoms with Crippen LogP contribution in [0.3, 0.4) is 0 Å². The quantitative estimate of drug-likeness (QED) is 0.708. The van der Waals surface area contributed by atoms with Crippen molar-refractivity contribution in [3.05, 3.63) is 65.3 Å². The Morgan fingerprint density at radius 3 is 2.86 bits per heavy atom. The summed E-state index contributed by atoms with van der Waals surface area (Å²) < 4.78 is 0. The van der Waals surface area contributed by atoms with Crippen LogP contribution >= 0.6 is 11.6 Å². The second kappa shape index (κ2) is 5.42. The van der Waals surface area contributed by atoms with Gasteiger partial charge in [0, 0.05) is 17.3 Å². The molecule has 0 aliphatic rings. The molecule has 21 heavy (non-hydrogen) atoms. The van der Waals surface area contributed by atoms with Gasteiger partial charge in [-0.2, -0.15) is 0 Å². The summed E-state index contributed by atoms with van der Waals surface area (Å²) in [5.41, 5.74) is 7.99. The van der Waals surface area contributed by atoms with Crippen molar-refractivity contribution >= 4 is 39.8 Å². The molecule has 0 aliphatic carbocycles. The molecule has 0 fully saturated rings. The van der Waals surface area contributed by atoms with Gasteiger partial charge in [-0.1, -0.05) is 23.7 Å². The first-order chi connectivity index (χ1) is 10.1. The van der Waals surface area contributed by atoms with Gasteiger partial charge in [-0.05, 0) is 36.4 Å². The van der Waals surface area contributed by atoms with Gasteiger partial charge in [0.1, 0.15) is 0 Å². The maximum Gasteiger partial charge on any atom is 0.257 e. The number of nitrogens with zero attached hydrogens (tertiary/aromatic N) is 1. The number of carbonyl (C=O) groups excluding carboxylic acids is 1. The third-order valence-corrected chi connectivity index (χ3v) is 3.56. The molecule has 3 N–H and O–H groups in total. The minimum Gasteiger partial charge on any atom is -0.398 e. The highest BCUT2D eigenvalue weighted by atomic mass is 35.5. The number of rotatable bonds is 2. The molecule has 3 rings (SSSR count). The van der Waals surface area contributed by atoms with E-state index in [1.165, 1.54) is 0 Å². The molecule has 0 saturated carbocycles. The predicted molar refractivity (Wildman–Crippen MR) is 85.6 cm³/mol. The molecular weight excluding hydrogens is 286 g/mol. The van der Waals surface area contributed by atoms with E-state index in [0.717, 1.165) is 10.9 Å². The second-order valence-corrected chi connectivity index (χ2v) is 4.95. The molecule has 2 aromatic carbocycles. The van der Waals surface area contributed by atoms with E-state index in [1.54, 1.807) is 30.5 Å². The van der Waals surface area contributed by atoms with Gasteiger partial charge in [0.2, 0.25) is 0 Å². The number of hydrogen-bond acceptors (Lipinski definition) is 3. The first-order valence-electron chi connectivity index (χ1n) is 6.35. The minimum atomic E-state index is -0.296. The topological polar surface area (TPSA) is 68.0 Å². The number of anilines is 2. The van der Waals surface area contributed by atoms with Crippen molar-refractivity contribution in [2.24, 2.45) is 0 Å². The van der Waals surface area contributed by atoms with Crippen LogP contribution in [0.1, 0.15) is 10.4 Å². The highest BCUT2D eigenvalue weighted by Crippen LogP contribution is 2.24. The van der Waals surface area contributed by atoms with Gasteiger partial charge < -0.3 is 11.1 Å². The molecule has 1 amide bonds. The average molecular weight is 298 g/mol. The summed E-state index contributed by atoms with van der Waals surface area (Å²) in [4.78, 5) is 16.5. The Balaban J connectivity index is 1.91. The molecule has 1 heterocycles. The van der Waals surface area contributed by atoms with E-state index in [2.05, 4.69) is 10.3 Å². The summed E-state index contributed by atoms with van der Waals surface area (Å²) in [5.74, 6) is -0.296. The lowest BCUT2D eigenvalue weighted by molar-refractivity contribution is 0.102. The fourth-order valence-electron chi connectivity index (χ4n) is 2.08. The fraction of sp³-hybridized carbons (Fsp3) is 0. The molecule has 0 atom stereocenters. The van der Waals surface area contributed by atoms with E-state index in [0.29, 0.717) is 16.9 Å². The zero-order valence-corrected chi connectivity index (χ0v) is 11.8. The smallest absolute Gasteiger partial charge is 0.257 e. The van der Waals surface area contributed by atoms with Crippen molar-refractivity contribution in [2.45, 2.75) is 0 Å². The van der Waals surface area contributed by atoms with Gasteiger partial charge in [0.25, 0.3) is 5.91 Å². The SMILES string of the molecule is Nc1cccc(C(=O)Nc2ccc3ncccc3c2)c1Cl. The fourth-order valence-corrected chi connectivity index (χ4v) is 2.29. The number of pyridine rings is 1. The molecule has 3 aromatic rings. The lowest BCUT2D eigenvalue weighted by Gasteiger charge is -2.08. The Labute approximate surface area is 126 Å². The van der Waals surface area contributed by atoms with Gasteiger partial charge in [-0.25, -0.2) is 0 Å². The van der Waals surface area contributed by atoms with E-state index in [-0.39, 0.29) is 10.9 Å². The largest absolute Gasteiger partial charge is 0.398 e. The third kappa shape index (κ3) is 2.66. The number of carbonyl (C=O) groups is 1. The van der Waals surface area contributed by atoms with Crippen LogP contribution in [0.25, 0.3) is 10.9 Å². The van der Waals surface area contributed by atoms with Crippen molar-refractivity contribution in [3.8, 4) is 0 Å². The van der Waals surface area contributed by atoms with E-state index in [9.17, 15) is 4.79 Å². The lowest BCUT2D eigenvalue weighted by Crippen LogP contribution is -2.13. The molecular formula is C16H12ClN3O. The van der Waals surface area contributed by atoms with Crippen molar-refractivity contribution < 1.29 is 4.79 Å². The number of amides is 1. The van der Waals surface area contributed by atoms with Crippen molar-refractivity contribution in [1.82, 2.24) is 4.98 Å². The van der Waals surface area contributed by atoms with Crippen LogP contribution in [0.2, 0.25) is 5.02 Å². The van der Waals surface area contributed by atoms with Crippen LogP contribution in [-0.2, 0) is 0 Å². The van der Waals surface area contributed by atoms with Crippen LogP contribution < -0.4 is 11.1 Å². The monoisotopic (exact) mass is 297 g/mol. The molecule has 0 unspecified atom stereocenters. The normalized spacial score (nSPS) is 10.5. The molecule has 0 radical (unpaired) electrons. The average Bonchev–Trinajstić information content (AvgIpc) is 2.50. The highest BCUT2D eigenvalue weighted by molar-refractivity contribution is 6.36. The summed E-state index contributed by atoms with van der Waals surface area (Å²) in [6, 6.07) is 14.3. The first kappa shape index (κ1) is 13.4. The predicted octanol–water partition coefficient (Wildman–Crippen LogP) is 3.72. The van der Waals surface area contributed by atoms with Crippen LogP contribution in [0.5, 0.6) is 0 Å². The maximum absolute atomic E-state index is 12.3. The minimum absolute atomic E-state index is 0.262. The molecule has 0 aliphatic heterocycles. The van der Waals surface area contributed by atoms with Crippen LogP contribution in [0, 0.1) is 0 Å². The summed E-state index contributed by atoms with van der Waals surface area (Å²) in [5, 5.41) is 4.03. The number of nitrogens with two attached hydrogens (primary N) is 1. The van der Waals surface area contributed by atoms with Crippen LogP contribution in [0.15, 0.2) is 54.7 Å². The van der Waals surface area contributed by atoms with E-state index in [4.69, 9.17) is 17.3 Å². The van der Waals surface area contributed by atoms with Gasteiger partial charge in [-0.15, -0.1) is 0 Å². The summed E-state index contributed by atoms with van der Waals surface area (Å²) in [6.45, 7) is 0.